The lowest BCUT2D eigenvalue weighted by Gasteiger charge is -2.09. The van der Waals surface area contributed by atoms with Crippen molar-refractivity contribution < 1.29 is 22.5 Å². The van der Waals surface area contributed by atoms with E-state index >= 15 is 0 Å². The molecule has 1 aromatic carbocycles. The van der Waals surface area contributed by atoms with Gasteiger partial charge >= 0.3 is 6.18 Å². The molecular weight excluding hydrogens is 273 g/mol. The highest BCUT2D eigenvalue weighted by atomic mass is 19.4. The second kappa shape index (κ2) is 4.99. The van der Waals surface area contributed by atoms with Gasteiger partial charge in [0, 0.05) is 11.3 Å². The SMILES string of the molecule is Cc1onc(C(=O)Nc2cccc(C(F)(F)F)c2)c1C. The number of aromatic nitrogens is 1. The van der Waals surface area contributed by atoms with E-state index in [1.54, 1.807) is 13.8 Å². The second-order valence-corrected chi connectivity index (χ2v) is 4.25. The normalized spacial score (nSPS) is 11.4. The molecule has 4 nitrogen and oxygen atoms in total. The van der Waals surface area contributed by atoms with Crippen molar-refractivity contribution in [2.24, 2.45) is 0 Å². The Kier molecular flexibility index (Phi) is 3.52. The summed E-state index contributed by atoms with van der Waals surface area (Å²) in [6.45, 7) is 3.29. The second-order valence-electron chi connectivity index (χ2n) is 4.25. The molecule has 0 aliphatic heterocycles. The number of carbonyl (C=O) groups excluding carboxylic acids is 1. The van der Waals surface area contributed by atoms with Gasteiger partial charge in [-0.25, -0.2) is 0 Å². The van der Waals surface area contributed by atoms with Crippen LogP contribution in [0, 0.1) is 13.8 Å². The van der Waals surface area contributed by atoms with Gasteiger partial charge in [-0.05, 0) is 32.0 Å². The zero-order valence-corrected chi connectivity index (χ0v) is 10.7. The number of nitrogens with one attached hydrogen (secondary N) is 1. The van der Waals surface area contributed by atoms with Crippen LogP contribution in [0.4, 0.5) is 18.9 Å². The van der Waals surface area contributed by atoms with Gasteiger partial charge in [0.15, 0.2) is 5.69 Å². The van der Waals surface area contributed by atoms with Crippen LogP contribution in [0.5, 0.6) is 0 Å². The van der Waals surface area contributed by atoms with Gasteiger partial charge in [-0.1, -0.05) is 11.2 Å². The summed E-state index contributed by atoms with van der Waals surface area (Å²) in [5.74, 6) is -0.127. The van der Waals surface area contributed by atoms with Crippen LogP contribution in [0.3, 0.4) is 0 Å². The molecule has 0 saturated heterocycles. The quantitative estimate of drug-likeness (QED) is 0.917. The zero-order valence-electron chi connectivity index (χ0n) is 10.7. The van der Waals surface area contributed by atoms with E-state index in [4.69, 9.17) is 4.52 Å². The summed E-state index contributed by atoms with van der Waals surface area (Å²) in [7, 11) is 0. The van der Waals surface area contributed by atoms with E-state index < -0.39 is 17.6 Å². The van der Waals surface area contributed by atoms with Crippen LogP contribution in [-0.4, -0.2) is 11.1 Å². The van der Waals surface area contributed by atoms with Crippen LogP contribution in [0.15, 0.2) is 28.8 Å². The van der Waals surface area contributed by atoms with Crippen LogP contribution in [0.2, 0.25) is 0 Å². The third-order valence-electron chi connectivity index (χ3n) is 2.82. The average molecular weight is 284 g/mol. The Morgan fingerprint density at radius 3 is 2.55 bits per heavy atom. The molecule has 0 fully saturated rings. The van der Waals surface area contributed by atoms with Gasteiger partial charge in [0.1, 0.15) is 5.76 Å². The highest BCUT2D eigenvalue weighted by molar-refractivity contribution is 6.03. The van der Waals surface area contributed by atoms with Gasteiger partial charge in [-0.3, -0.25) is 4.79 Å². The molecular formula is C13H11F3N2O2. The predicted molar refractivity (Wildman–Crippen MR) is 65.4 cm³/mol. The fraction of sp³-hybridized carbons (Fsp3) is 0.231. The highest BCUT2D eigenvalue weighted by Crippen LogP contribution is 2.30. The molecule has 0 atom stereocenters. The summed E-state index contributed by atoms with van der Waals surface area (Å²) < 4.78 is 42.5. The third-order valence-corrected chi connectivity index (χ3v) is 2.82. The Balaban J connectivity index is 2.22. The zero-order chi connectivity index (χ0) is 14.9. The summed E-state index contributed by atoms with van der Waals surface area (Å²) >= 11 is 0. The molecule has 0 bridgehead atoms. The molecule has 0 spiro atoms. The number of alkyl halides is 3. The Morgan fingerprint density at radius 1 is 1.30 bits per heavy atom. The number of nitrogens with zero attached hydrogens (tertiary/aromatic N) is 1. The molecule has 1 heterocycles. The Bertz CT molecular complexity index is 647. The highest BCUT2D eigenvalue weighted by Gasteiger charge is 2.30. The first-order chi connectivity index (χ1) is 9.29. The number of carbonyl (C=O) groups is 1. The number of aryl methyl sites for hydroxylation is 1. The van der Waals surface area contributed by atoms with Crippen LogP contribution in [-0.2, 0) is 6.18 Å². The molecule has 106 valence electrons. The Morgan fingerprint density at radius 2 is 2.00 bits per heavy atom. The van der Waals surface area contributed by atoms with Gasteiger partial charge in [-0.2, -0.15) is 13.2 Å². The van der Waals surface area contributed by atoms with E-state index in [2.05, 4.69) is 10.5 Å². The first kappa shape index (κ1) is 14.1. The first-order valence-corrected chi connectivity index (χ1v) is 5.70. The molecule has 1 amide bonds. The third kappa shape index (κ3) is 2.81. The van der Waals surface area contributed by atoms with E-state index in [-0.39, 0.29) is 11.4 Å². The number of halogens is 3. The maximum Gasteiger partial charge on any atom is 0.416 e. The first-order valence-electron chi connectivity index (χ1n) is 5.70. The lowest BCUT2D eigenvalue weighted by atomic mass is 10.1. The summed E-state index contributed by atoms with van der Waals surface area (Å²) in [6.07, 6.45) is -4.46. The topological polar surface area (TPSA) is 55.1 Å². The Labute approximate surface area is 112 Å². The van der Waals surface area contributed by atoms with Crippen LogP contribution >= 0.6 is 0 Å². The minimum absolute atomic E-state index is 0.0462. The number of hydrogen-bond donors (Lipinski definition) is 1. The van der Waals surface area contributed by atoms with Gasteiger partial charge in [0.05, 0.1) is 5.56 Å². The molecule has 7 heteroatoms. The standard InChI is InChI=1S/C13H11F3N2O2/c1-7-8(2)20-18-11(7)12(19)17-10-5-3-4-9(6-10)13(14,15)16/h3-6H,1-2H3,(H,17,19). The van der Waals surface area contributed by atoms with Crippen molar-refractivity contribution in [1.29, 1.82) is 0 Å². The van der Waals surface area contributed by atoms with Crippen molar-refractivity contribution in [3.8, 4) is 0 Å². The molecule has 20 heavy (non-hydrogen) atoms. The van der Waals surface area contributed by atoms with Gasteiger partial charge < -0.3 is 9.84 Å². The van der Waals surface area contributed by atoms with E-state index in [1.165, 1.54) is 12.1 Å². The summed E-state index contributed by atoms with van der Waals surface area (Å²) in [4.78, 5) is 11.9. The van der Waals surface area contributed by atoms with Crippen LogP contribution < -0.4 is 5.32 Å². The molecule has 0 unspecified atom stereocenters. The molecule has 0 saturated carbocycles. The van der Waals surface area contributed by atoms with Crippen molar-refractivity contribution in [3.05, 3.63) is 46.8 Å². The lowest BCUT2D eigenvalue weighted by Crippen LogP contribution is -2.14. The molecule has 0 aliphatic carbocycles. The molecule has 0 radical (unpaired) electrons. The monoisotopic (exact) mass is 284 g/mol. The van der Waals surface area contributed by atoms with Crippen molar-refractivity contribution in [2.75, 3.05) is 5.32 Å². The number of amides is 1. The molecule has 0 aliphatic rings. The number of hydrogen-bond acceptors (Lipinski definition) is 3. The van der Waals surface area contributed by atoms with Crippen molar-refractivity contribution in [1.82, 2.24) is 5.16 Å². The largest absolute Gasteiger partial charge is 0.416 e. The lowest BCUT2D eigenvalue weighted by molar-refractivity contribution is -0.137. The van der Waals surface area contributed by atoms with Gasteiger partial charge in [-0.15, -0.1) is 0 Å². The number of benzene rings is 1. The maximum atomic E-state index is 12.6. The van der Waals surface area contributed by atoms with Gasteiger partial charge in [0.25, 0.3) is 5.91 Å². The number of rotatable bonds is 2. The van der Waals surface area contributed by atoms with Crippen molar-refractivity contribution in [3.63, 3.8) is 0 Å². The fourth-order valence-corrected chi connectivity index (χ4v) is 1.59. The summed E-state index contributed by atoms with van der Waals surface area (Å²) in [5, 5.41) is 5.94. The summed E-state index contributed by atoms with van der Waals surface area (Å²) in [5.41, 5.74) is -0.178. The molecule has 1 N–H and O–H groups in total. The van der Waals surface area contributed by atoms with Crippen molar-refractivity contribution >= 4 is 11.6 Å². The smallest absolute Gasteiger partial charge is 0.361 e. The molecule has 1 aromatic heterocycles. The fourth-order valence-electron chi connectivity index (χ4n) is 1.59. The van der Waals surface area contributed by atoms with E-state index in [0.29, 0.717) is 11.3 Å². The average Bonchev–Trinajstić information content (AvgIpc) is 2.69. The van der Waals surface area contributed by atoms with Crippen molar-refractivity contribution in [2.45, 2.75) is 20.0 Å². The van der Waals surface area contributed by atoms with E-state index in [0.717, 1.165) is 12.1 Å². The predicted octanol–water partition coefficient (Wildman–Crippen LogP) is 3.56. The van der Waals surface area contributed by atoms with E-state index in [9.17, 15) is 18.0 Å². The summed E-state index contributed by atoms with van der Waals surface area (Å²) in [6, 6.07) is 4.39. The molecule has 2 rings (SSSR count). The number of anilines is 1. The minimum atomic E-state index is -4.46. The Hall–Kier alpha value is -2.31. The van der Waals surface area contributed by atoms with Crippen LogP contribution in [0.1, 0.15) is 27.4 Å². The van der Waals surface area contributed by atoms with Crippen LogP contribution in [0.25, 0.3) is 0 Å². The molecule has 2 aromatic rings. The minimum Gasteiger partial charge on any atom is -0.361 e. The maximum absolute atomic E-state index is 12.6. The van der Waals surface area contributed by atoms with Gasteiger partial charge in [0.2, 0.25) is 0 Å². The van der Waals surface area contributed by atoms with E-state index in [1.807, 2.05) is 0 Å².